The number of aliphatic hydroxyl groups excluding tert-OH is 1. The molecule has 1 aliphatic rings. The lowest BCUT2D eigenvalue weighted by Crippen LogP contribution is -2.52. The minimum atomic E-state index is -0.716. The summed E-state index contributed by atoms with van der Waals surface area (Å²) in [6, 6.07) is 13.4. The van der Waals surface area contributed by atoms with Crippen molar-refractivity contribution in [2.24, 2.45) is 0 Å². The Morgan fingerprint density at radius 2 is 1.86 bits per heavy atom. The number of nitrogens with zero attached hydrogens (tertiary/aromatic N) is 1. The lowest BCUT2D eigenvalue weighted by Gasteiger charge is -2.42. The Balaban J connectivity index is 1.65. The molecule has 6 heteroatoms. The fraction of sp³-hybridized carbons (Fsp3) is 0.348. The molecule has 0 spiro atoms. The molecule has 0 radical (unpaired) electrons. The third kappa shape index (κ3) is 4.08. The van der Waals surface area contributed by atoms with Crippen molar-refractivity contribution in [3.63, 3.8) is 0 Å². The minimum Gasteiger partial charge on any atom is -0.485 e. The van der Waals surface area contributed by atoms with E-state index in [2.05, 4.69) is 10.3 Å². The standard InChI is InChI=1S/C23H24Cl2N2O2/c1-13-10-20(25)27-18-11-17-19(12-16(13)18)29-23(2,3)22(28)21(17)26-9-8-14-4-6-15(24)7-5-14/h4-7,10-12,21-22,26,28H,8-9H2,1-3H3. The zero-order chi connectivity index (χ0) is 20.8. The van der Waals surface area contributed by atoms with Crippen LogP contribution in [0.25, 0.3) is 10.9 Å². The highest BCUT2D eigenvalue weighted by molar-refractivity contribution is 6.30. The maximum absolute atomic E-state index is 11.0. The molecule has 2 atom stereocenters. The van der Waals surface area contributed by atoms with Crippen LogP contribution in [0, 0.1) is 6.92 Å². The summed E-state index contributed by atoms with van der Waals surface area (Å²) in [5.74, 6) is 0.768. The number of aromatic nitrogens is 1. The summed E-state index contributed by atoms with van der Waals surface area (Å²) in [5.41, 5.74) is 3.21. The molecule has 2 unspecified atom stereocenters. The normalized spacial score (nSPS) is 20.3. The molecule has 3 aromatic rings. The van der Waals surface area contributed by atoms with Crippen LogP contribution >= 0.6 is 23.2 Å². The largest absolute Gasteiger partial charge is 0.485 e. The van der Waals surface area contributed by atoms with Gasteiger partial charge in [0.05, 0.1) is 11.6 Å². The number of pyridine rings is 1. The Morgan fingerprint density at radius 3 is 2.59 bits per heavy atom. The third-order valence-corrected chi connectivity index (χ3v) is 5.99. The maximum atomic E-state index is 11.0. The van der Waals surface area contributed by atoms with Gasteiger partial charge in [0.1, 0.15) is 22.6 Å². The lowest BCUT2D eigenvalue weighted by atomic mass is 9.85. The molecule has 2 N–H and O–H groups in total. The van der Waals surface area contributed by atoms with Crippen molar-refractivity contribution in [2.45, 2.75) is 44.9 Å². The van der Waals surface area contributed by atoms with Crippen LogP contribution in [-0.4, -0.2) is 28.3 Å². The van der Waals surface area contributed by atoms with Gasteiger partial charge in [0.25, 0.3) is 0 Å². The number of nitrogens with one attached hydrogen (secondary N) is 1. The van der Waals surface area contributed by atoms with Crippen molar-refractivity contribution in [1.82, 2.24) is 10.3 Å². The molecular weight excluding hydrogens is 407 g/mol. The van der Waals surface area contributed by atoms with E-state index in [1.807, 2.05) is 63.2 Å². The Morgan fingerprint density at radius 1 is 1.14 bits per heavy atom. The molecule has 0 saturated heterocycles. The Bertz CT molecular complexity index is 1050. The average molecular weight is 431 g/mol. The number of aryl methyl sites for hydroxylation is 1. The molecule has 1 aliphatic heterocycles. The van der Waals surface area contributed by atoms with Crippen molar-refractivity contribution in [3.8, 4) is 5.75 Å². The second-order valence-electron chi connectivity index (χ2n) is 8.13. The number of rotatable bonds is 4. The average Bonchev–Trinajstić information content (AvgIpc) is 2.65. The van der Waals surface area contributed by atoms with Crippen LogP contribution in [0.5, 0.6) is 5.75 Å². The van der Waals surface area contributed by atoms with Crippen molar-refractivity contribution >= 4 is 34.1 Å². The second kappa shape index (κ2) is 7.77. The van der Waals surface area contributed by atoms with Gasteiger partial charge in [0, 0.05) is 16.0 Å². The second-order valence-corrected chi connectivity index (χ2v) is 8.95. The topological polar surface area (TPSA) is 54.4 Å². The van der Waals surface area contributed by atoms with Crippen LogP contribution in [0.2, 0.25) is 10.2 Å². The molecule has 1 aromatic heterocycles. The highest BCUT2D eigenvalue weighted by Gasteiger charge is 2.42. The summed E-state index contributed by atoms with van der Waals surface area (Å²) in [5, 5.41) is 16.7. The molecule has 2 heterocycles. The number of halogens is 2. The van der Waals surface area contributed by atoms with E-state index in [1.165, 1.54) is 5.56 Å². The van der Waals surface area contributed by atoms with E-state index in [4.69, 9.17) is 27.9 Å². The fourth-order valence-electron chi connectivity index (χ4n) is 3.89. The first kappa shape index (κ1) is 20.4. The van der Waals surface area contributed by atoms with Gasteiger partial charge in [-0.3, -0.25) is 0 Å². The van der Waals surface area contributed by atoms with E-state index < -0.39 is 11.7 Å². The van der Waals surface area contributed by atoms with Gasteiger partial charge in [0.15, 0.2) is 0 Å². The number of benzene rings is 2. The monoisotopic (exact) mass is 430 g/mol. The first-order valence-corrected chi connectivity index (χ1v) is 10.5. The maximum Gasteiger partial charge on any atom is 0.131 e. The number of hydrogen-bond donors (Lipinski definition) is 2. The number of ether oxygens (including phenoxy) is 1. The van der Waals surface area contributed by atoms with E-state index in [0.717, 1.165) is 39.2 Å². The van der Waals surface area contributed by atoms with Gasteiger partial charge in [-0.25, -0.2) is 4.98 Å². The lowest BCUT2D eigenvalue weighted by molar-refractivity contribution is -0.0642. The third-order valence-electron chi connectivity index (χ3n) is 5.54. The van der Waals surface area contributed by atoms with Crippen molar-refractivity contribution in [1.29, 1.82) is 0 Å². The minimum absolute atomic E-state index is 0.272. The molecule has 29 heavy (non-hydrogen) atoms. The summed E-state index contributed by atoms with van der Waals surface area (Å²) in [4.78, 5) is 4.46. The summed E-state index contributed by atoms with van der Waals surface area (Å²) in [6.07, 6.45) is 0.117. The summed E-state index contributed by atoms with van der Waals surface area (Å²) in [7, 11) is 0. The van der Waals surface area contributed by atoms with Crippen LogP contribution in [0.4, 0.5) is 0 Å². The molecule has 0 fully saturated rings. The first-order valence-electron chi connectivity index (χ1n) is 9.70. The van der Waals surface area contributed by atoms with Gasteiger partial charge in [-0.15, -0.1) is 0 Å². The molecular formula is C23H24Cl2N2O2. The molecule has 4 rings (SSSR count). The molecule has 0 amide bonds. The van der Waals surface area contributed by atoms with Gasteiger partial charge >= 0.3 is 0 Å². The number of hydrogen-bond acceptors (Lipinski definition) is 4. The Kier molecular flexibility index (Phi) is 5.47. The molecule has 152 valence electrons. The zero-order valence-corrected chi connectivity index (χ0v) is 18.2. The summed E-state index contributed by atoms with van der Waals surface area (Å²) >= 11 is 12.1. The van der Waals surface area contributed by atoms with Crippen molar-refractivity contribution in [3.05, 3.63) is 69.3 Å². The van der Waals surface area contributed by atoms with E-state index in [1.54, 1.807) is 0 Å². The predicted molar refractivity (Wildman–Crippen MR) is 118 cm³/mol. The first-order chi connectivity index (χ1) is 13.7. The SMILES string of the molecule is Cc1cc(Cl)nc2cc3c(cc12)OC(C)(C)C(O)C3NCCc1ccc(Cl)cc1. The van der Waals surface area contributed by atoms with Crippen LogP contribution in [0.3, 0.4) is 0 Å². The summed E-state index contributed by atoms with van der Waals surface area (Å²) < 4.78 is 6.17. The van der Waals surface area contributed by atoms with Gasteiger partial charge in [0.2, 0.25) is 0 Å². The van der Waals surface area contributed by atoms with Crippen LogP contribution in [0.1, 0.15) is 36.6 Å². The Hall–Kier alpha value is -1.85. The molecule has 0 saturated carbocycles. The van der Waals surface area contributed by atoms with Gasteiger partial charge in [-0.2, -0.15) is 0 Å². The van der Waals surface area contributed by atoms with Gasteiger partial charge in [-0.1, -0.05) is 35.3 Å². The number of aliphatic hydroxyl groups is 1. The molecule has 4 nitrogen and oxygen atoms in total. The highest BCUT2D eigenvalue weighted by Crippen LogP contribution is 2.42. The smallest absolute Gasteiger partial charge is 0.131 e. The summed E-state index contributed by atoms with van der Waals surface area (Å²) in [6.45, 7) is 6.53. The van der Waals surface area contributed by atoms with Crippen molar-refractivity contribution < 1.29 is 9.84 Å². The molecule has 0 aliphatic carbocycles. The number of fused-ring (bicyclic) bond motifs is 2. The highest BCUT2D eigenvalue weighted by atomic mass is 35.5. The molecule has 2 aromatic carbocycles. The van der Waals surface area contributed by atoms with Crippen LogP contribution < -0.4 is 10.1 Å². The van der Waals surface area contributed by atoms with Gasteiger partial charge in [-0.05, 0) is 75.2 Å². The van der Waals surface area contributed by atoms with E-state index in [-0.39, 0.29) is 6.04 Å². The fourth-order valence-corrected chi connectivity index (χ4v) is 4.27. The van der Waals surface area contributed by atoms with E-state index in [0.29, 0.717) is 11.7 Å². The van der Waals surface area contributed by atoms with Gasteiger partial charge < -0.3 is 15.2 Å². The quantitative estimate of drug-likeness (QED) is 0.554. The van der Waals surface area contributed by atoms with E-state index >= 15 is 0 Å². The zero-order valence-electron chi connectivity index (χ0n) is 16.7. The predicted octanol–water partition coefficient (Wildman–Crippen LogP) is 5.26. The Labute approximate surface area is 180 Å². The van der Waals surface area contributed by atoms with Crippen LogP contribution in [0.15, 0.2) is 42.5 Å². The van der Waals surface area contributed by atoms with E-state index in [9.17, 15) is 5.11 Å². The van der Waals surface area contributed by atoms with Crippen LogP contribution in [-0.2, 0) is 6.42 Å². The molecule has 0 bridgehead atoms. The van der Waals surface area contributed by atoms with Crippen molar-refractivity contribution in [2.75, 3.05) is 6.54 Å².